The Bertz CT molecular complexity index is 951. The van der Waals surface area contributed by atoms with Gasteiger partial charge in [-0.05, 0) is 68.1 Å². The van der Waals surface area contributed by atoms with Crippen LogP contribution in [0.4, 0.5) is 0 Å². The Kier molecular flexibility index (Phi) is 7.26. The predicted octanol–water partition coefficient (Wildman–Crippen LogP) is 4.15. The first-order valence-electron chi connectivity index (χ1n) is 12.1. The van der Waals surface area contributed by atoms with Gasteiger partial charge in [-0.15, -0.1) is 0 Å². The molecule has 2 atom stereocenters. The summed E-state index contributed by atoms with van der Waals surface area (Å²) in [7, 11) is 0. The van der Waals surface area contributed by atoms with Gasteiger partial charge in [0.05, 0.1) is 12.0 Å². The van der Waals surface area contributed by atoms with Gasteiger partial charge in [-0.2, -0.15) is 0 Å². The first kappa shape index (κ1) is 22.5. The molecular formula is C27H35N3O2. The molecule has 0 unspecified atom stereocenters. The Balaban J connectivity index is 1.55. The highest BCUT2D eigenvalue weighted by Gasteiger charge is 2.45. The summed E-state index contributed by atoms with van der Waals surface area (Å²) in [6.45, 7) is 8.94. The molecule has 2 aromatic carbocycles. The van der Waals surface area contributed by atoms with Crippen molar-refractivity contribution in [1.29, 1.82) is 0 Å². The highest BCUT2D eigenvalue weighted by Crippen LogP contribution is 2.45. The zero-order chi connectivity index (χ0) is 22.5. The van der Waals surface area contributed by atoms with E-state index in [0.29, 0.717) is 18.7 Å². The summed E-state index contributed by atoms with van der Waals surface area (Å²) in [5, 5.41) is 3.21. The van der Waals surface area contributed by atoms with Crippen molar-refractivity contribution in [2.45, 2.75) is 51.5 Å². The highest BCUT2D eigenvalue weighted by molar-refractivity contribution is 6.01. The fraction of sp³-hybridized carbons (Fsp3) is 0.481. The Morgan fingerprint density at radius 2 is 1.69 bits per heavy atom. The quantitative estimate of drug-likeness (QED) is 0.605. The number of nitrogens with zero attached hydrogens (tertiary/aromatic N) is 2. The molecule has 2 heterocycles. The maximum atomic E-state index is 13.6. The zero-order valence-corrected chi connectivity index (χ0v) is 19.3. The van der Waals surface area contributed by atoms with Crippen molar-refractivity contribution >= 4 is 11.8 Å². The van der Waals surface area contributed by atoms with Crippen molar-refractivity contribution in [3.8, 4) is 0 Å². The van der Waals surface area contributed by atoms with E-state index in [4.69, 9.17) is 0 Å². The van der Waals surface area contributed by atoms with Crippen LogP contribution in [0.5, 0.6) is 0 Å². The van der Waals surface area contributed by atoms with Gasteiger partial charge >= 0.3 is 0 Å². The van der Waals surface area contributed by atoms with Crippen molar-refractivity contribution in [2.24, 2.45) is 0 Å². The number of fused-ring (bicyclic) bond motifs is 4. The van der Waals surface area contributed by atoms with Gasteiger partial charge in [0, 0.05) is 18.7 Å². The number of rotatable bonds is 9. The van der Waals surface area contributed by atoms with Crippen LogP contribution in [-0.4, -0.2) is 54.3 Å². The maximum Gasteiger partial charge on any atom is 0.254 e. The molecule has 2 aromatic rings. The second-order valence-electron chi connectivity index (χ2n) is 8.94. The van der Waals surface area contributed by atoms with Crippen LogP contribution in [0.1, 0.15) is 72.1 Å². The van der Waals surface area contributed by atoms with E-state index in [1.807, 2.05) is 41.3 Å². The van der Waals surface area contributed by atoms with Crippen molar-refractivity contribution < 1.29 is 9.59 Å². The fourth-order valence-electron chi connectivity index (χ4n) is 5.35. The third-order valence-corrected chi connectivity index (χ3v) is 6.75. The minimum absolute atomic E-state index is 0.0224. The summed E-state index contributed by atoms with van der Waals surface area (Å²) in [5.41, 5.74) is 3.87. The van der Waals surface area contributed by atoms with Crippen LogP contribution < -0.4 is 5.32 Å². The van der Waals surface area contributed by atoms with Crippen molar-refractivity contribution in [3.63, 3.8) is 0 Å². The molecule has 1 N–H and O–H groups in total. The highest BCUT2D eigenvalue weighted by atomic mass is 16.2. The summed E-state index contributed by atoms with van der Waals surface area (Å²) >= 11 is 0. The van der Waals surface area contributed by atoms with Crippen LogP contribution in [0.15, 0.2) is 48.5 Å². The SMILES string of the molecule is CCCN(CCC)CCCNC(=O)[C@H]1c2ccccc2C(=O)N2CCc3ccccc3[C@@H]12. The number of amides is 2. The van der Waals surface area contributed by atoms with E-state index in [-0.39, 0.29) is 23.8 Å². The zero-order valence-electron chi connectivity index (χ0n) is 19.3. The third kappa shape index (κ3) is 4.44. The van der Waals surface area contributed by atoms with Crippen LogP contribution in [0.3, 0.4) is 0 Å². The van der Waals surface area contributed by atoms with E-state index in [1.54, 1.807) is 0 Å². The van der Waals surface area contributed by atoms with E-state index in [2.05, 4.69) is 36.2 Å². The third-order valence-electron chi connectivity index (χ3n) is 6.75. The molecule has 2 amide bonds. The van der Waals surface area contributed by atoms with E-state index in [9.17, 15) is 9.59 Å². The lowest BCUT2D eigenvalue weighted by atomic mass is 9.76. The lowest BCUT2D eigenvalue weighted by Crippen LogP contribution is -2.50. The standard InChI is InChI=1S/C27H35N3O2/c1-3-16-29(17-4-2)18-9-15-28-26(31)24-22-12-7-8-13-23(22)27(32)30-19-14-20-10-5-6-11-21(20)25(24)30/h5-8,10-13,24-25H,3-4,9,14-19H2,1-2H3,(H,28,31)/t24-,25-/m0/s1. The van der Waals surface area contributed by atoms with Gasteiger partial charge in [0.2, 0.25) is 5.91 Å². The minimum atomic E-state index is -0.382. The van der Waals surface area contributed by atoms with Gasteiger partial charge in [-0.3, -0.25) is 9.59 Å². The van der Waals surface area contributed by atoms with Crippen LogP contribution >= 0.6 is 0 Å². The molecular weight excluding hydrogens is 398 g/mol. The average molecular weight is 434 g/mol. The predicted molar refractivity (Wildman–Crippen MR) is 128 cm³/mol. The summed E-state index contributed by atoms with van der Waals surface area (Å²) in [6, 6.07) is 15.7. The van der Waals surface area contributed by atoms with Gasteiger partial charge in [0.1, 0.15) is 0 Å². The second-order valence-corrected chi connectivity index (χ2v) is 8.94. The van der Waals surface area contributed by atoms with Gasteiger partial charge in [-0.1, -0.05) is 56.3 Å². The first-order chi connectivity index (χ1) is 15.7. The molecule has 0 fully saturated rings. The Labute approximate surface area is 191 Å². The number of benzene rings is 2. The molecule has 0 bridgehead atoms. The molecule has 0 aliphatic carbocycles. The Hall–Kier alpha value is -2.66. The number of hydrogen-bond acceptors (Lipinski definition) is 3. The fourth-order valence-corrected chi connectivity index (χ4v) is 5.35. The Morgan fingerprint density at radius 1 is 1.00 bits per heavy atom. The summed E-state index contributed by atoms with van der Waals surface area (Å²) in [5.74, 6) is -0.319. The maximum absolute atomic E-state index is 13.6. The number of carbonyl (C=O) groups is 2. The number of carbonyl (C=O) groups excluding carboxylic acids is 2. The van der Waals surface area contributed by atoms with Gasteiger partial charge in [0.15, 0.2) is 0 Å². The summed E-state index contributed by atoms with van der Waals surface area (Å²) in [4.78, 5) is 31.2. The molecule has 0 saturated heterocycles. The lowest BCUT2D eigenvalue weighted by Gasteiger charge is -2.45. The van der Waals surface area contributed by atoms with E-state index in [1.165, 1.54) is 5.56 Å². The molecule has 32 heavy (non-hydrogen) atoms. The molecule has 2 aliphatic rings. The minimum Gasteiger partial charge on any atom is -0.355 e. The summed E-state index contributed by atoms with van der Waals surface area (Å²) in [6.07, 6.45) is 4.07. The van der Waals surface area contributed by atoms with Gasteiger partial charge in [0.25, 0.3) is 5.91 Å². The topological polar surface area (TPSA) is 52.7 Å². The van der Waals surface area contributed by atoms with Crippen LogP contribution in [0.25, 0.3) is 0 Å². The number of hydrogen-bond donors (Lipinski definition) is 1. The number of nitrogens with one attached hydrogen (secondary N) is 1. The summed E-state index contributed by atoms with van der Waals surface area (Å²) < 4.78 is 0. The van der Waals surface area contributed by atoms with E-state index < -0.39 is 0 Å². The molecule has 4 rings (SSSR count). The first-order valence-corrected chi connectivity index (χ1v) is 12.1. The molecule has 170 valence electrons. The monoisotopic (exact) mass is 433 g/mol. The van der Waals surface area contributed by atoms with E-state index >= 15 is 0 Å². The molecule has 0 aromatic heterocycles. The molecule has 5 nitrogen and oxygen atoms in total. The van der Waals surface area contributed by atoms with E-state index in [0.717, 1.165) is 56.4 Å². The smallest absolute Gasteiger partial charge is 0.254 e. The molecule has 5 heteroatoms. The van der Waals surface area contributed by atoms with Crippen LogP contribution in [0, 0.1) is 0 Å². The Morgan fingerprint density at radius 3 is 2.44 bits per heavy atom. The second kappa shape index (κ2) is 10.3. The lowest BCUT2D eigenvalue weighted by molar-refractivity contribution is -0.124. The molecule has 0 saturated carbocycles. The molecule has 0 radical (unpaired) electrons. The van der Waals surface area contributed by atoms with Crippen LogP contribution in [-0.2, 0) is 11.2 Å². The van der Waals surface area contributed by atoms with Crippen molar-refractivity contribution in [2.75, 3.05) is 32.7 Å². The van der Waals surface area contributed by atoms with Crippen molar-refractivity contribution in [3.05, 3.63) is 70.8 Å². The van der Waals surface area contributed by atoms with Crippen LogP contribution in [0.2, 0.25) is 0 Å². The van der Waals surface area contributed by atoms with Gasteiger partial charge < -0.3 is 15.1 Å². The average Bonchev–Trinajstić information content (AvgIpc) is 2.82. The molecule has 2 aliphatic heterocycles. The molecule has 0 spiro atoms. The largest absolute Gasteiger partial charge is 0.355 e. The normalized spacial score (nSPS) is 19.3. The van der Waals surface area contributed by atoms with Crippen molar-refractivity contribution in [1.82, 2.24) is 15.1 Å². The van der Waals surface area contributed by atoms with Gasteiger partial charge in [-0.25, -0.2) is 0 Å².